The lowest BCUT2D eigenvalue weighted by Gasteiger charge is -2.25. The Kier molecular flexibility index (Phi) is 4.08. The maximum Gasteiger partial charge on any atom is 0.0572 e. The van der Waals surface area contributed by atoms with Crippen molar-refractivity contribution in [2.24, 2.45) is 0 Å². The molecule has 2 rings (SSSR count). The summed E-state index contributed by atoms with van der Waals surface area (Å²) in [6.45, 7) is 9.83. The third kappa shape index (κ3) is 2.32. The second-order valence-corrected chi connectivity index (χ2v) is 3.37. The van der Waals surface area contributed by atoms with Gasteiger partial charge >= 0.3 is 0 Å². The van der Waals surface area contributed by atoms with E-state index < -0.39 is 0 Å². The summed E-state index contributed by atoms with van der Waals surface area (Å²) in [7, 11) is 0. The minimum absolute atomic E-state index is 0.546. The number of nitrogens with zero attached hydrogens (tertiary/aromatic N) is 1. The summed E-state index contributed by atoms with van der Waals surface area (Å²) >= 11 is 0. The third-order valence-corrected chi connectivity index (χ3v) is 2.43. The molecule has 0 unspecified atom stereocenters. The Morgan fingerprint density at radius 3 is 2.29 bits per heavy atom. The molecule has 0 bridgehead atoms. The molecule has 14 heavy (non-hydrogen) atoms. The normalized spacial score (nSPS) is 15.4. The molecule has 0 aliphatic carbocycles. The summed E-state index contributed by atoms with van der Waals surface area (Å²) < 4.78 is 5.12. The molecular formula is C12H19NO. The first-order valence-electron chi connectivity index (χ1n) is 5.29. The summed E-state index contributed by atoms with van der Waals surface area (Å²) in [5.74, 6) is 0.546. The van der Waals surface area contributed by atoms with E-state index in [1.807, 2.05) is 13.8 Å². The van der Waals surface area contributed by atoms with Crippen LogP contribution in [-0.2, 0) is 4.74 Å². The molecule has 0 atom stereocenters. The topological polar surface area (TPSA) is 22.1 Å². The average molecular weight is 193 g/mol. The molecule has 0 radical (unpaired) electrons. The van der Waals surface area contributed by atoms with Crippen molar-refractivity contribution in [2.75, 3.05) is 13.2 Å². The highest BCUT2D eigenvalue weighted by atomic mass is 16.5. The monoisotopic (exact) mass is 193 g/mol. The molecule has 0 amide bonds. The highest BCUT2D eigenvalue weighted by Crippen LogP contribution is 2.22. The fourth-order valence-corrected chi connectivity index (χ4v) is 1.28. The second kappa shape index (κ2) is 5.11. The van der Waals surface area contributed by atoms with Crippen LogP contribution in [0.1, 0.15) is 36.7 Å². The Morgan fingerprint density at radius 2 is 1.86 bits per heavy atom. The maximum atomic E-state index is 5.12. The third-order valence-electron chi connectivity index (χ3n) is 2.43. The molecule has 0 aromatic carbocycles. The molecule has 1 fully saturated rings. The van der Waals surface area contributed by atoms with Gasteiger partial charge in [0, 0.05) is 17.3 Å². The van der Waals surface area contributed by atoms with Gasteiger partial charge in [-0.1, -0.05) is 19.9 Å². The van der Waals surface area contributed by atoms with Crippen molar-refractivity contribution in [3.8, 4) is 0 Å². The number of hydrogen-bond donors (Lipinski definition) is 0. The lowest BCUT2D eigenvalue weighted by molar-refractivity contribution is 0.00666. The van der Waals surface area contributed by atoms with Crippen LogP contribution in [0.15, 0.2) is 12.1 Å². The number of ether oxygens (including phenoxy) is 1. The zero-order valence-corrected chi connectivity index (χ0v) is 9.50. The van der Waals surface area contributed by atoms with Crippen LogP contribution in [0.25, 0.3) is 0 Å². The summed E-state index contributed by atoms with van der Waals surface area (Å²) in [5.41, 5.74) is 3.59. The van der Waals surface area contributed by atoms with Crippen molar-refractivity contribution in [2.45, 2.75) is 33.6 Å². The highest BCUT2D eigenvalue weighted by Gasteiger charge is 2.21. The van der Waals surface area contributed by atoms with E-state index in [9.17, 15) is 0 Å². The quantitative estimate of drug-likeness (QED) is 0.684. The molecule has 1 aromatic heterocycles. The highest BCUT2D eigenvalue weighted by molar-refractivity contribution is 5.23. The van der Waals surface area contributed by atoms with Gasteiger partial charge in [0.1, 0.15) is 0 Å². The first-order chi connectivity index (χ1) is 6.77. The van der Waals surface area contributed by atoms with Gasteiger partial charge in [0.05, 0.1) is 13.2 Å². The van der Waals surface area contributed by atoms with Gasteiger partial charge in [-0.3, -0.25) is 4.98 Å². The average Bonchev–Trinajstić information content (AvgIpc) is 2.12. The number of hydrogen-bond acceptors (Lipinski definition) is 2. The number of aromatic nitrogens is 1. The molecule has 2 heteroatoms. The SMILES string of the molecule is CC.Cc1ccc(C2COC2)nc1C. The van der Waals surface area contributed by atoms with Gasteiger partial charge < -0.3 is 4.74 Å². The zero-order chi connectivity index (χ0) is 10.6. The van der Waals surface area contributed by atoms with E-state index in [4.69, 9.17) is 4.74 Å². The van der Waals surface area contributed by atoms with Crippen LogP contribution < -0.4 is 0 Å². The predicted molar refractivity (Wildman–Crippen MR) is 58.6 cm³/mol. The fraction of sp³-hybridized carbons (Fsp3) is 0.583. The molecule has 2 nitrogen and oxygen atoms in total. The largest absolute Gasteiger partial charge is 0.380 e. The Bertz CT molecular complexity index is 292. The van der Waals surface area contributed by atoms with Gasteiger partial charge in [0.2, 0.25) is 0 Å². The van der Waals surface area contributed by atoms with E-state index >= 15 is 0 Å². The van der Waals surface area contributed by atoms with Crippen molar-refractivity contribution in [1.82, 2.24) is 4.98 Å². The summed E-state index contributed by atoms with van der Waals surface area (Å²) in [6, 6.07) is 4.24. The molecule has 78 valence electrons. The van der Waals surface area contributed by atoms with E-state index in [1.54, 1.807) is 0 Å². The summed E-state index contributed by atoms with van der Waals surface area (Å²) in [4.78, 5) is 4.51. The number of aryl methyl sites for hydroxylation is 2. The molecule has 0 N–H and O–H groups in total. The van der Waals surface area contributed by atoms with Crippen LogP contribution >= 0.6 is 0 Å². The molecule has 1 saturated heterocycles. The predicted octanol–water partition coefficient (Wildman–Crippen LogP) is 2.84. The van der Waals surface area contributed by atoms with E-state index in [0.717, 1.165) is 18.9 Å². The molecule has 1 aliphatic rings. The smallest absolute Gasteiger partial charge is 0.0572 e. The van der Waals surface area contributed by atoms with Gasteiger partial charge in [0.15, 0.2) is 0 Å². The van der Waals surface area contributed by atoms with Crippen molar-refractivity contribution in [1.29, 1.82) is 0 Å². The van der Waals surface area contributed by atoms with Gasteiger partial charge in [0.25, 0.3) is 0 Å². The maximum absolute atomic E-state index is 5.12. The zero-order valence-electron chi connectivity index (χ0n) is 9.50. The van der Waals surface area contributed by atoms with Crippen LogP contribution in [0.3, 0.4) is 0 Å². The van der Waals surface area contributed by atoms with Crippen molar-refractivity contribution in [3.63, 3.8) is 0 Å². The molecule has 1 aliphatic heterocycles. The molecule has 2 heterocycles. The molecule has 0 saturated carbocycles. The summed E-state index contributed by atoms with van der Waals surface area (Å²) in [6.07, 6.45) is 0. The van der Waals surface area contributed by atoms with E-state index in [2.05, 4.69) is 31.0 Å². The van der Waals surface area contributed by atoms with Gasteiger partial charge in [-0.2, -0.15) is 0 Å². The molecule has 1 aromatic rings. The Balaban J connectivity index is 0.000000461. The minimum Gasteiger partial charge on any atom is -0.380 e. The van der Waals surface area contributed by atoms with E-state index in [1.165, 1.54) is 11.3 Å². The first-order valence-corrected chi connectivity index (χ1v) is 5.29. The summed E-state index contributed by atoms with van der Waals surface area (Å²) in [5, 5.41) is 0. The number of rotatable bonds is 1. The lowest BCUT2D eigenvalue weighted by Crippen LogP contribution is -2.26. The van der Waals surface area contributed by atoms with Crippen LogP contribution in [0, 0.1) is 13.8 Å². The van der Waals surface area contributed by atoms with Crippen LogP contribution in [0.2, 0.25) is 0 Å². The van der Waals surface area contributed by atoms with E-state index in [0.29, 0.717) is 5.92 Å². The number of pyridine rings is 1. The first kappa shape index (κ1) is 11.2. The van der Waals surface area contributed by atoms with Crippen molar-refractivity contribution >= 4 is 0 Å². The van der Waals surface area contributed by atoms with Crippen LogP contribution in [0.5, 0.6) is 0 Å². The minimum atomic E-state index is 0.546. The molecule has 0 spiro atoms. The van der Waals surface area contributed by atoms with Gasteiger partial charge in [-0.15, -0.1) is 0 Å². The van der Waals surface area contributed by atoms with Crippen molar-refractivity contribution < 1.29 is 4.74 Å². The Hall–Kier alpha value is -0.890. The van der Waals surface area contributed by atoms with Gasteiger partial charge in [-0.05, 0) is 25.5 Å². The lowest BCUT2D eigenvalue weighted by atomic mass is 10.0. The second-order valence-electron chi connectivity index (χ2n) is 3.37. The van der Waals surface area contributed by atoms with Crippen LogP contribution in [0.4, 0.5) is 0 Å². The van der Waals surface area contributed by atoms with Crippen LogP contribution in [-0.4, -0.2) is 18.2 Å². The van der Waals surface area contributed by atoms with Gasteiger partial charge in [-0.25, -0.2) is 0 Å². The standard InChI is InChI=1S/C10H13NO.C2H6/c1-7-3-4-10(11-8(7)2)9-5-12-6-9;1-2/h3-4,9H,5-6H2,1-2H3;1-2H3. The fourth-order valence-electron chi connectivity index (χ4n) is 1.28. The Labute approximate surface area is 86.3 Å². The van der Waals surface area contributed by atoms with Crippen molar-refractivity contribution in [3.05, 3.63) is 29.1 Å². The Morgan fingerprint density at radius 1 is 1.21 bits per heavy atom. The van der Waals surface area contributed by atoms with E-state index in [-0.39, 0.29) is 0 Å². The molecular weight excluding hydrogens is 174 g/mol.